The molecule has 2 aromatic heterocycles. The largest absolute Gasteiger partial charge is 0.299 e. The minimum absolute atomic E-state index is 0.666. The summed E-state index contributed by atoms with van der Waals surface area (Å²) in [4.78, 5) is 11.6. The lowest BCUT2D eigenvalue weighted by Gasteiger charge is -2.16. The molecule has 0 N–H and O–H groups in total. The Morgan fingerprint density at radius 2 is 1.92 bits per heavy atom. The number of rotatable bonds is 4. The molecule has 5 heteroatoms. The van der Waals surface area contributed by atoms with Gasteiger partial charge in [-0.3, -0.25) is 9.88 Å². The van der Waals surface area contributed by atoms with Gasteiger partial charge in [0.2, 0.25) is 0 Å². The van der Waals surface area contributed by atoms with E-state index in [1.54, 1.807) is 11.3 Å². The number of likely N-dealkylation sites (tertiary alicyclic amines) is 1. The Morgan fingerprint density at radius 3 is 2.68 bits per heavy atom. The number of hydrogen-bond donors (Lipinski definition) is 0. The Labute approximate surface area is 151 Å². The lowest BCUT2D eigenvalue weighted by atomic mass is 10.1. The van der Waals surface area contributed by atoms with Crippen LogP contribution in [0.15, 0.2) is 48.1 Å². The van der Waals surface area contributed by atoms with Crippen molar-refractivity contribution in [1.29, 1.82) is 5.26 Å². The second kappa shape index (κ2) is 7.14. The minimum Gasteiger partial charge on any atom is -0.299 e. The average Bonchev–Trinajstić information content (AvgIpc) is 3.34. The van der Waals surface area contributed by atoms with Gasteiger partial charge in [0, 0.05) is 35.4 Å². The van der Waals surface area contributed by atoms with Crippen molar-refractivity contribution in [3.8, 4) is 27.9 Å². The van der Waals surface area contributed by atoms with Crippen molar-refractivity contribution in [3.05, 3.63) is 59.2 Å². The van der Waals surface area contributed by atoms with Crippen molar-refractivity contribution in [2.75, 3.05) is 13.1 Å². The SMILES string of the molecule is N#Cc1ccc(-c2csc(-c3cnccc3CN3CCCC3)n2)cc1. The predicted molar refractivity (Wildman–Crippen MR) is 100 cm³/mol. The number of nitrogens with zero attached hydrogens (tertiary/aromatic N) is 4. The lowest BCUT2D eigenvalue weighted by Crippen LogP contribution is -2.18. The van der Waals surface area contributed by atoms with Crippen molar-refractivity contribution in [3.63, 3.8) is 0 Å². The summed E-state index contributed by atoms with van der Waals surface area (Å²) in [5.74, 6) is 0. The van der Waals surface area contributed by atoms with E-state index in [1.807, 2.05) is 36.7 Å². The normalized spacial score (nSPS) is 14.5. The van der Waals surface area contributed by atoms with E-state index in [2.05, 4.69) is 27.4 Å². The summed E-state index contributed by atoms with van der Waals surface area (Å²) in [6.07, 6.45) is 6.37. The zero-order chi connectivity index (χ0) is 17.1. The molecule has 1 fully saturated rings. The van der Waals surface area contributed by atoms with Crippen LogP contribution in [0.4, 0.5) is 0 Å². The van der Waals surface area contributed by atoms with Crippen LogP contribution in [-0.2, 0) is 6.54 Å². The Morgan fingerprint density at radius 1 is 1.12 bits per heavy atom. The summed E-state index contributed by atoms with van der Waals surface area (Å²) in [6.45, 7) is 3.32. The third kappa shape index (κ3) is 3.46. The van der Waals surface area contributed by atoms with Crippen LogP contribution in [0, 0.1) is 11.3 Å². The van der Waals surface area contributed by atoms with E-state index >= 15 is 0 Å². The number of thiazole rings is 1. The molecule has 124 valence electrons. The van der Waals surface area contributed by atoms with Crippen molar-refractivity contribution in [2.24, 2.45) is 0 Å². The van der Waals surface area contributed by atoms with Gasteiger partial charge in [-0.25, -0.2) is 4.98 Å². The van der Waals surface area contributed by atoms with Crippen molar-refractivity contribution < 1.29 is 0 Å². The van der Waals surface area contributed by atoms with E-state index in [9.17, 15) is 0 Å². The highest BCUT2D eigenvalue weighted by Gasteiger charge is 2.16. The van der Waals surface area contributed by atoms with Gasteiger partial charge in [-0.1, -0.05) is 12.1 Å². The Hall–Kier alpha value is -2.55. The minimum atomic E-state index is 0.666. The van der Waals surface area contributed by atoms with Crippen LogP contribution in [0.5, 0.6) is 0 Å². The predicted octanol–water partition coefficient (Wildman–Crippen LogP) is 4.34. The maximum atomic E-state index is 8.92. The summed E-state index contributed by atoms with van der Waals surface area (Å²) < 4.78 is 0. The molecule has 1 saturated heterocycles. The first-order valence-electron chi connectivity index (χ1n) is 8.45. The van der Waals surface area contributed by atoms with Gasteiger partial charge >= 0.3 is 0 Å². The number of pyridine rings is 1. The highest BCUT2D eigenvalue weighted by atomic mass is 32.1. The monoisotopic (exact) mass is 346 g/mol. The molecule has 4 nitrogen and oxygen atoms in total. The van der Waals surface area contributed by atoms with Gasteiger partial charge in [-0.15, -0.1) is 11.3 Å². The quantitative estimate of drug-likeness (QED) is 0.705. The van der Waals surface area contributed by atoms with Gasteiger partial charge < -0.3 is 0 Å². The van der Waals surface area contributed by atoms with Crippen LogP contribution in [0.1, 0.15) is 24.0 Å². The molecule has 25 heavy (non-hydrogen) atoms. The molecule has 0 atom stereocenters. The molecule has 3 heterocycles. The van der Waals surface area contributed by atoms with Crippen LogP contribution < -0.4 is 0 Å². The Bertz CT molecular complexity index is 902. The van der Waals surface area contributed by atoms with E-state index in [-0.39, 0.29) is 0 Å². The summed E-state index contributed by atoms with van der Waals surface area (Å²) in [5.41, 5.74) is 5.06. The molecule has 0 saturated carbocycles. The first-order chi connectivity index (χ1) is 12.3. The van der Waals surface area contributed by atoms with E-state index in [4.69, 9.17) is 10.2 Å². The summed E-state index contributed by atoms with van der Waals surface area (Å²) >= 11 is 1.64. The summed E-state index contributed by atoms with van der Waals surface area (Å²) in [6, 6.07) is 11.8. The van der Waals surface area contributed by atoms with Gasteiger partial charge in [0.1, 0.15) is 5.01 Å². The maximum absolute atomic E-state index is 8.92. The fraction of sp³-hybridized carbons (Fsp3) is 0.250. The molecule has 0 spiro atoms. The summed E-state index contributed by atoms with van der Waals surface area (Å²) in [7, 11) is 0. The van der Waals surface area contributed by atoms with E-state index in [1.165, 1.54) is 31.5 Å². The van der Waals surface area contributed by atoms with Crippen molar-refractivity contribution >= 4 is 11.3 Å². The number of benzene rings is 1. The van der Waals surface area contributed by atoms with Crippen LogP contribution in [0.3, 0.4) is 0 Å². The molecule has 0 amide bonds. The summed E-state index contributed by atoms with van der Waals surface area (Å²) in [5, 5.41) is 12.0. The molecule has 0 unspecified atom stereocenters. The molecule has 1 aliphatic heterocycles. The molecular formula is C20H18N4S. The van der Waals surface area contributed by atoms with E-state index in [0.29, 0.717) is 5.56 Å². The molecule has 1 aromatic carbocycles. The molecule has 0 bridgehead atoms. The third-order valence-corrected chi connectivity index (χ3v) is 5.42. The third-order valence-electron chi connectivity index (χ3n) is 4.55. The lowest BCUT2D eigenvalue weighted by molar-refractivity contribution is 0.332. The number of nitriles is 1. The van der Waals surface area contributed by atoms with Gasteiger partial charge in [-0.2, -0.15) is 5.26 Å². The fourth-order valence-corrected chi connectivity index (χ4v) is 4.05. The molecule has 4 rings (SSSR count). The molecule has 3 aromatic rings. The van der Waals surface area contributed by atoms with Gasteiger partial charge in [-0.05, 0) is 49.7 Å². The van der Waals surface area contributed by atoms with Gasteiger partial charge in [0.15, 0.2) is 0 Å². The zero-order valence-electron chi connectivity index (χ0n) is 13.9. The van der Waals surface area contributed by atoms with Crippen molar-refractivity contribution in [2.45, 2.75) is 19.4 Å². The molecular weight excluding hydrogens is 328 g/mol. The van der Waals surface area contributed by atoms with Crippen LogP contribution in [-0.4, -0.2) is 28.0 Å². The average molecular weight is 346 g/mol. The standard InChI is InChI=1S/C20H18N4S/c21-11-15-3-5-16(6-4-15)19-14-25-20(23-19)18-12-22-8-7-17(18)13-24-9-1-2-10-24/h3-8,12,14H,1-2,9-10,13H2. The number of aromatic nitrogens is 2. The molecule has 0 radical (unpaired) electrons. The van der Waals surface area contributed by atoms with Crippen LogP contribution >= 0.6 is 11.3 Å². The van der Waals surface area contributed by atoms with Gasteiger partial charge in [0.25, 0.3) is 0 Å². The zero-order valence-corrected chi connectivity index (χ0v) is 14.7. The van der Waals surface area contributed by atoms with Crippen molar-refractivity contribution in [1.82, 2.24) is 14.9 Å². The van der Waals surface area contributed by atoms with Crippen LogP contribution in [0.25, 0.3) is 21.8 Å². The molecule has 0 aliphatic carbocycles. The fourth-order valence-electron chi connectivity index (χ4n) is 3.18. The topological polar surface area (TPSA) is 52.8 Å². The van der Waals surface area contributed by atoms with Gasteiger partial charge in [0.05, 0.1) is 17.3 Å². The smallest absolute Gasteiger partial charge is 0.125 e. The first kappa shape index (κ1) is 15.9. The second-order valence-electron chi connectivity index (χ2n) is 6.24. The Balaban J connectivity index is 1.62. The van der Waals surface area contributed by atoms with E-state index in [0.717, 1.165) is 28.4 Å². The Kier molecular flexibility index (Phi) is 4.55. The number of hydrogen-bond acceptors (Lipinski definition) is 5. The first-order valence-corrected chi connectivity index (χ1v) is 9.33. The van der Waals surface area contributed by atoms with Crippen LogP contribution in [0.2, 0.25) is 0 Å². The molecule has 1 aliphatic rings. The highest BCUT2D eigenvalue weighted by molar-refractivity contribution is 7.13. The highest BCUT2D eigenvalue weighted by Crippen LogP contribution is 2.31. The maximum Gasteiger partial charge on any atom is 0.125 e. The van der Waals surface area contributed by atoms with E-state index < -0.39 is 0 Å². The second-order valence-corrected chi connectivity index (χ2v) is 7.10.